The second-order valence-electron chi connectivity index (χ2n) is 24.1. The van der Waals surface area contributed by atoms with Crippen LogP contribution in [-0.4, -0.2) is 74.9 Å². The number of carbonyl (C=O) groups excluding carboxylic acids is 2. The van der Waals surface area contributed by atoms with Crippen molar-refractivity contribution in [3.8, 4) is 0 Å². The number of esters is 2. The van der Waals surface area contributed by atoms with Crippen LogP contribution in [0.2, 0.25) is 0 Å². The van der Waals surface area contributed by atoms with Crippen LogP contribution in [0.15, 0.2) is 0 Å². The van der Waals surface area contributed by atoms with Crippen LogP contribution in [0.25, 0.3) is 0 Å². The Balaban J connectivity index is 5.52. The number of unbranched alkanes of at least 4 members (excludes halogenated alkanes) is 36. The third kappa shape index (κ3) is 54.4. The zero-order chi connectivity index (χ0) is 54.5. The van der Waals surface area contributed by atoms with Gasteiger partial charge in [-0.25, -0.2) is 4.57 Å². The van der Waals surface area contributed by atoms with Gasteiger partial charge in [0.2, 0.25) is 0 Å². The van der Waals surface area contributed by atoms with Gasteiger partial charge in [0.05, 0.1) is 27.7 Å². The lowest BCUT2D eigenvalue weighted by molar-refractivity contribution is -0.870. The Bertz CT molecular complexity index is 1200. The van der Waals surface area contributed by atoms with Crippen molar-refractivity contribution < 1.29 is 42.1 Å². The summed E-state index contributed by atoms with van der Waals surface area (Å²) < 4.78 is 36.0. The first kappa shape index (κ1) is 73.0. The number of quaternary nitrogens is 1. The molecule has 1 N–H and O–H groups in total. The van der Waals surface area contributed by atoms with Crippen molar-refractivity contribution >= 4 is 19.8 Å². The van der Waals surface area contributed by atoms with Crippen molar-refractivity contribution in [2.45, 2.75) is 342 Å². The molecule has 0 heterocycles. The number of phosphoric ester groups is 1. The van der Waals surface area contributed by atoms with Gasteiger partial charge in [-0.05, 0) is 24.7 Å². The Labute approximate surface area is 461 Å². The van der Waals surface area contributed by atoms with Crippen molar-refractivity contribution in [3.63, 3.8) is 0 Å². The van der Waals surface area contributed by atoms with Gasteiger partial charge in [0.25, 0.3) is 0 Å². The number of hydrogen-bond donors (Lipinski definition) is 1. The summed E-state index contributed by atoms with van der Waals surface area (Å²) in [7, 11) is 1.51. The van der Waals surface area contributed by atoms with E-state index in [1.165, 1.54) is 257 Å². The number of rotatable bonds is 60. The lowest BCUT2D eigenvalue weighted by atomic mass is 9.90. The summed E-state index contributed by atoms with van der Waals surface area (Å²) in [5.74, 6) is 0.249. The molecule has 74 heavy (non-hydrogen) atoms. The molecule has 2 atom stereocenters. The summed E-state index contributed by atoms with van der Waals surface area (Å²) in [4.78, 5) is 37.6. The van der Waals surface area contributed by atoms with Gasteiger partial charge >= 0.3 is 19.8 Å². The first-order valence-electron chi connectivity index (χ1n) is 32.6. The molecular formula is C64H129NO8P+. The van der Waals surface area contributed by atoms with E-state index in [0.29, 0.717) is 29.3 Å². The molecule has 2 unspecified atom stereocenters. The Morgan fingerprint density at radius 2 is 0.676 bits per heavy atom. The van der Waals surface area contributed by atoms with Gasteiger partial charge in [0.15, 0.2) is 6.10 Å². The summed E-state index contributed by atoms with van der Waals surface area (Å²) in [6.45, 7) is 9.04. The van der Waals surface area contributed by atoms with Crippen molar-refractivity contribution in [2.75, 3.05) is 47.5 Å². The van der Waals surface area contributed by atoms with Gasteiger partial charge in [-0.1, -0.05) is 310 Å². The smallest absolute Gasteiger partial charge is 0.462 e. The highest BCUT2D eigenvalue weighted by Crippen LogP contribution is 2.43. The molecule has 0 fully saturated rings. The van der Waals surface area contributed by atoms with Crippen LogP contribution in [0.1, 0.15) is 336 Å². The number of phosphoric acid groups is 1. The van der Waals surface area contributed by atoms with Crippen molar-refractivity contribution in [1.29, 1.82) is 0 Å². The van der Waals surface area contributed by atoms with E-state index in [1.807, 2.05) is 21.1 Å². The molecule has 0 saturated carbocycles. The molecule has 0 rings (SSSR count). The van der Waals surface area contributed by atoms with E-state index in [2.05, 4.69) is 27.7 Å². The summed E-state index contributed by atoms with van der Waals surface area (Å²) in [5, 5.41) is 0. The summed E-state index contributed by atoms with van der Waals surface area (Å²) in [6, 6.07) is 0. The van der Waals surface area contributed by atoms with Gasteiger partial charge in [0, 0.05) is 12.8 Å². The van der Waals surface area contributed by atoms with E-state index in [0.717, 1.165) is 38.5 Å². The molecule has 0 aliphatic heterocycles. The average Bonchev–Trinajstić information content (AvgIpc) is 3.36. The third-order valence-corrected chi connectivity index (χ3v) is 16.5. The van der Waals surface area contributed by atoms with Gasteiger partial charge in [-0.2, -0.15) is 0 Å². The van der Waals surface area contributed by atoms with E-state index in [4.69, 9.17) is 18.5 Å². The zero-order valence-electron chi connectivity index (χ0n) is 50.7. The molecule has 0 saturated heterocycles. The van der Waals surface area contributed by atoms with E-state index < -0.39 is 20.5 Å². The minimum Gasteiger partial charge on any atom is -0.462 e. The highest BCUT2D eigenvalue weighted by molar-refractivity contribution is 7.47. The normalized spacial score (nSPS) is 13.3. The fourth-order valence-corrected chi connectivity index (χ4v) is 11.2. The highest BCUT2D eigenvalue weighted by Gasteiger charge is 2.27. The van der Waals surface area contributed by atoms with Crippen LogP contribution in [0, 0.1) is 11.8 Å². The molecule has 0 aromatic rings. The minimum atomic E-state index is -4.43. The molecule has 9 nitrogen and oxygen atoms in total. The molecule has 0 radical (unpaired) electrons. The van der Waals surface area contributed by atoms with Crippen LogP contribution in [0.4, 0.5) is 0 Å². The van der Waals surface area contributed by atoms with Crippen molar-refractivity contribution in [2.24, 2.45) is 11.8 Å². The average molecular weight is 1070 g/mol. The van der Waals surface area contributed by atoms with Crippen molar-refractivity contribution in [3.05, 3.63) is 0 Å². The standard InChI is InChI=1S/C64H128NO8P/c1-8-12-16-20-24-28-32-36-40-44-48-60(49-45-41-37-33-29-25-21-17-13-9-2)52-54-63(66)70-58-62(59-72-74(68,69)71-57-56-65(5,6)7)73-64(67)55-53-61(50-46-42-38-34-30-26-22-18-14-10-3)51-47-43-39-35-31-27-23-19-15-11-4/h60-62H,8-59H2,1-7H3/p+1. The van der Waals surface area contributed by atoms with E-state index in [1.54, 1.807) is 0 Å². The maximum absolute atomic E-state index is 13.6. The quantitative estimate of drug-likeness (QED) is 0.0278. The predicted octanol–water partition coefficient (Wildman–Crippen LogP) is 20.3. The Morgan fingerprint density at radius 3 is 0.973 bits per heavy atom. The summed E-state index contributed by atoms with van der Waals surface area (Å²) in [6.07, 6.45) is 58.3. The number of nitrogens with zero attached hydrogens (tertiary/aromatic N) is 1. The lowest BCUT2D eigenvalue weighted by Crippen LogP contribution is -2.37. The Hall–Kier alpha value is -0.990. The van der Waals surface area contributed by atoms with E-state index >= 15 is 0 Å². The zero-order valence-corrected chi connectivity index (χ0v) is 51.6. The second kappa shape index (κ2) is 54.0. The van der Waals surface area contributed by atoms with Crippen molar-refractivity contribution in [1.82, 2.24) is 0 Å². The maximum atomic E-state index is 13.6. The Kier molecular flexibility index (Phi) is 53.3. The number of hydrogen-bond acceptors (Lipinski definition) is 7. The molecule has 10 heteroatoms. The predicted molar refractivity (Wildman–Crippen MR) is 317 cm³/mol. The third-order valence-electron chi connectivity index (χ3n) is 15.5. The summed E-state index contributed by atoms with van der Waals surface area (Å²) in [5.41, 5.74) is 0. The van der Waals surface area contributed by atoms with Gasteiger partial charge in [-0.15, -0.1) is 0 Å². The van der Waals surface area contributed by atoms with Crippen LogP contribution in [0.5, 0.6) is 0 Å². The van der Waals surface area contributed by atoms with Crippen LogP contribution < -0.4 is 0 Å². The number of carbonyl (C=O) groups is 2. The fraction of sp³-hybridized carbons (Fsp3) is 0.969. The second-order valence-corrected chi connectivity index (χ2v) is 25.6. The van der Waals surface area contributed by atoms with E-state index in [-0.39, 0.29) is 31.6 Å². The molecule has 0 bridgehead atoms. The van der Waals surface area contributed by atoms with Gasteiger partial charge < -0.3 is 18.9 Å². The van der Waals surface area contributed by atoms with E-state index in [9.17, 15) is 19.0 Å². The highest BCUT2D eigenvalue weighted by atomic mass is 31.2. The topological polar surface area (TPSA) is 108 Å². The van der Waals surface area contributed by atoms with Crippen LogP contribution >= 0.6 is 7.82 Å². The molecular weight excluding hydrogens is 942 g/mol. The summed E-state index contributed by atoms with van der Waals surface area (Å²) >= 11 is 0. The maximum Gasteiger partial charge on any atom is 0.472 e. The molecule has 0 aliphatic rings. The van der Waals surface area contributed by atoms with Gasteiger partial charge in [-0.3, -0.25) is 18.6 Å². The first-order chi connectivity index (χ1) is 35.9. The molecule has 442 valence electrons. The Morgan fingerprint density at radius 1 is 0.392 bits per heavy atom. The van der Waals surface area contributed by atoms with Crippen LogP contribution in [0.3, 0.4) is 0 Å². The number of likely N-dealkylation sites (N-methyl/N-ethyl adjacent to an activating group) is 1. The van der Waals surface area contributed by atoms with Crippen LogP contribution in [-0.2, 0) is 32.7 Å². The molecule has 0 aromatic heterocycles. The molecule has 0 amide bonds. The SMILES string of the molecule is CCCCCCCCCCCCC(CCCCCCCCCCCC)CCC(=O)OCC(COP(=O)(O)OCC[N+](C)(C)C)OC(=O)CCC(CCCCCCCCCCCC)CCCCCCCCCCCC. The monoisotopic (exact) mass is 1070 g/mol. The largest absolute Gasteiger partial charge is 0.472 e. The number of ether oxygens (including phenoxy) is 2. The molecule has 0 aliphatic carbocycles. The fourth-order valence-electron chi connectivity index (χ4n) is 10.5. The molecule has 0 aromatic carbocycles. The van der Waals surface area contributed by atoms with Gasteiger partial charge in [0.1, 0.15) is 19.8 Å². The first-order valence-corrected chi connectivity index (χ1v) is 34.1. The lowest BCUT2D eigenvalue weighted by Gasteiger charge is -2.24. The minimum absolute atomic E-state index is 0.0373. The molecule has 0 spiro atoms.